The van der Waals surface area contributed by atoms with Crippen LogP contribution in [0.15, 0.2) is 54.6 Å². The minimum absolute atomic E-state index is 0.167. The number of nitrogens with zero attached hydrogens (tertiary/aromatic N) is 1. The van der Waals surface area contributed by atoms with Gasteiger partial charge in [-0.15, -0.1) is 11.3 Å². The number of aromatic nitrogens is 1. The van der Waals surface area contributed by atoms with Crippen molar-refractivity contribution in [3.8, 4) is 0 Å². The summed E-state index contributed by atoms with van der Waals surface area (Å²) in [5.41, 5.74) is 10.5. The number of benzene rings is 2. The van der Waals surface area contributed by atoms with Crippen molar-refractivity contribution < 1.29 is 9.53 Å². The maximum atomic E-state index is 12.0. The summed E-state index contributed by atoms with van der Waals surface area (Å²) in [7, 11) is 0. The number of carbonyl (C=O) groups is 1. The molecule has 0 aliphatic heterocycles. The first kappa shape index (κ1) is 19.8. The largest absolute Gasteiger partial charge is 0.371 e. The van der Waals surface area contributed by atoms with E-state index in [0.717, 1.165) is 29.8 Å². The van der Waals surface area contributed by atoms with Crippen LogP contribution in [0.25, 0.3) is 0 Å². The molecule has 0 saturated carbocycles. The number of ether oxygens (including phenoxy) is 1. The van der Waals surface area contributed by atoms with Crippen LogP contribution in [-0.4, -0.2) is 23.0 Å². The van der Waals surface area contributed by atoms with Gasteiger partial charge in [0.2, 0.25) is 5.91 Å². The molecular formula is C23H25N3O2S. The first-order chi connectivity index (χ1) is 14.1. The van der Waals surface area contributed by atoms with Gasteiger partial charge in [0.05, 0.1) is 24.4 Å². The van der Waals surface area contributed by atoms with Crippen LogP contribution < -0.4 is 11.1 Å². The molecule has 1 aliphatic carbocycles. The van der Waals surface area contributed by atoms with Crippen molar-refractivity contribution in [3.05, 3.63) is 81.9 Å². The van der Waals surface area contributed by atoms with E-state index < -0.39 is 6.04 Å². The van der Waals surface area contributed by atoms with Crippen LogP contribution >= 0.6 is 11.3 Å². The highest BCUT2D eigenvalue weighted by molar-refractivity contribution is 7.15. The highest BCUT2D eigenvalue weighted by atomic mass is 32.1. The average Bonchev–Trinajstić information content (AvgIpc) is 3.30. The van der Waals surface area contributed by atoms with Gasteiger partial charge in [-0.2, -0.15) is 0 Å². The highest BCUT2D eigenvalue weighted by Crippen LogP contribution is 2.29. The number of carbonyl (C=O) groups excluding carboxylic acids is 1. The summed E-state index contributed by atoms with van der Waals surface area (Å²) >= 11 is 1.49. The number of anilines is 1. The Morgan fingerprint density at radius 1 is 1.17 bits per heavy atom. The molecule has 0 unspecified atom stereocenters. The van der Waals surface area contributed by atoms with E-state index in [1.54, 1.807) is 6.92 Å². The van der Waals surface area contributed by atoms with Crippen molar-refractivity contribution in [1.82, 2.24) is 4.98 Å². The topological polar surface area (TPSA) is 77.2 Å². The smallest absolute Gasteiger partial charge is 0.242 e. The molecule has 0 bridgehead atoms. The maximum absolute atomic E-state index is 12.0. The molecule has 1 atom stereocenters. The molecule has 150 valence electrons. The van der Waals surface area contributed by atoms with E-state index >= 15 is 0 Å². The molecule has 1 aromatic heterocycles. The fourth-order valence-corrected chi connectivity index (χ4v) is 4.52. The van der Waals surface area contributed by atoms with Gasteiger partial charge in [0.25, 0.3) is 0 Å². The van der Waals surface area contributed by atoms with E-state index in [-0.39, 0.29) is 12.0 Å². The first-order valence-corrected chi connectivity index (χ1v) is 10.7. The Kier molecular flexibility index (Phi) is 6.04. The monoisotopic (exact) mass is 407 g/mol. The van der Waals surface area contributed by atoms with Crippen LogP contribution in [0, 0.1) is 0 Å². The number of thiazole rings is 1. The molecule has 5 nitrogen and oxygen atoms in total. The summed E-state index contributed by atoms with van der Waals surface area (Å²) in [4.78, 5) is 17.7. The molecule has 1 amide bonds. The van der Waals surface area contributed by atoms with Crippen LogP contribution in [-0.2, 0) is 35.4 Å². The number of rotatable bonds is 7. The molecule has 6 heteroatoms. The third-order valence-electron chi connectivity index (χ3n) is 5.10. The van der Waals surface area contributed by atoms with Crippen molar-refractivity contribution >= 4 is 22.4 Å². The van der Waals surface area contributed by atoms with E-state index in [9.17, 15) is 4.79 Å². The summed E-state index contributed by atoms with van der Waals surface area (Å²) in [5.74, 6) is -0.233. The Morgan fingerprint density at radius 3 is 2.48 bits per heavy atom. The lowest BCUT2D eigenvalue weighted by atomic mass is 10.1. The Morgan fingerprint density at radius 2 is 1.83 bits per heavy atom. The number of hydrogen-bond acceptors (Lipinski definition) is 5. The second kappa shape index (κ2) is 8.86. The summed E-state index contributed by atoms with van der Waals surface area (Å²) in [5, 5.41) is 3.39. The van der Waals surface area contributed by atoms with E-state index in [1.165, 1.54) is 28.0 Å². The summed E-state index contributed by atoms with van der Waals surface area (Å²) in [6.07, 6.45) is 2.79. The van der Waals surface area contributed by atoms with E-state index in [2.05, 4.69) is 46.7 Å². The van der Waals surface area contributed by atoms with Gasteiger partial charge in [-0.25, -0.2) is 4.98 Å². The zero-order valence-electron chi connectivity index (χ0n) is 16.4. The van der Waals surface area contributed by atoms with Crippen LogP contribution in [0.1, 0.15) is 34.2 Å². The number of nitrogens with one attached hydrogen (secondary N) is 1. The van der Waals surface area contributed by atoms with E-state index in [0.29, 0.717) is 11.7 Å². The summed E-state index contributed by atoms with van der Waals surface area (Å²) < 4.78 is 6.22. The molecule has 0 spiro atoms. The fourth-order valence-electron chi connectivity index (χ4n) is 3.52. The lowest BCUT2D eigenvalue weighted by Crippen LogP contribution is -2.32. The SMILES string of the molecule is C[C@H](N)C(=O)Nc1nc(COC2Cc3ccccc3C2)c(Cc2ccccc2)s1. The third kappa shape index (κ3) is 4.90. The van der Waals surface area contributed by atoms with Gasteiger partial charge >= 0.3 is 0 Å². The molecular weight excluding hydrogens is 382 g/mol. The van der Waals surface area contributed by atoms with Crippen molar-refractivity contribution in [2.75, 3.05) is 5.32 Å². The van der Waals surface area contributed by atoms with Crippen molar-refractivity contribution in [2.24, 2.45) is 5.73 Å². The summed E-state index contributed by atoms with van der Waals surface area (Å²) in [6, 6.07) is 18.2. The molecule has 0 radical (unpaired) electrons. The maximum Gasteiger partial charge on any atom is 0.242 e. The first-order valence-electron chi connectivity index (χ1n) is 9.86. The van der Waals surface area contributed by atoms with Crippen molar-refractivity contribution in [3.63, 3.8) is 0 Å². The number of fused-ring (bicyclic) bond motifs is 1. The second-order valence-corrected chi connectivity index (χ2v) is 8.52. The van der Waals surface area contributed by atoms with E-state index in [1.807, 2.05) is 18.2 Å². The minimum atomic E-state index is -0.576. The van der Waals surface area contributed by atoms with Gasteiger partial charge in [0.1, 0.15) is 0 Å². The standard InChI is InChI=1S/C23H25N3O2S/c1-15(24)22(27)26-23-25-20(21(29-23)11-16-7-3-2-4-8-16)14-28-19-12-17-9-5-6-10-18(17)13-19/h2-10,15,19H,11-14,24H2,1H3,(H,25,26,27)/t15-/m0/s1. The van der Waals surface area contributed by atoms with Crippen molar-refractivity contribution in [1.29, 1.82) is 0 Å². The highest BCUT2D eigenvalue weighted by Gasteiger charge is 2.23. The van der Waals surface area contributed by atoms with Gasteiger partial charge < -0.3 is 15.8 Å². The molecule has 1 heterocycles. The lowest BCUT2D eigenvalue weighted by Gasteiger charge is -2.11. The van der Waals surface area contributed by atoms with Gasteiger partial charge in [0, 0.05) is 11.3 Å². The lowest BCUT2D eigenvalue weighted by molar-refractivity contribution is -0.117. The molecule has 3 N–H and O–H groups in total. The normalized spacial score (nSPS) is 14.6. The zero-order chi connectivity index (χ0) is 20.2. The molecule has 4 rings (SSSR count). The number of hydrogen-bond donors (Lipinski definition) is 2. The second-order valence-electron chi connectivity index (χ2n) is 7.44. The molecule has 0 fully saturated rings. The van der Waals surface area contributed by atoms with Gasteiger partial charge in [-0.1, -0.05) is 54.6 Å². The number of nitrogens with two attached hydrogens (primary N) is 1. The molecule has 3 aromatic rings. The molecule has 29 heavy (non-hydrogen) atoms. The average molecular weight is 408 g/mol. The van der Waals surface area contributed by atoms with Gasteiger partial charge in [0.15, 0.2) is 5.13 Å². The van der Waals surface area contributed by atoms with Crippen LogP contribution in [0.5, 0.6) is 0 Å². The van der Waals surface area contributed by atoms with Gasteiger partial charge in [-0.3, -0.25) is 4.79 Å². The predicted molar refractivity (Wildman–Crippen MR) is 116 cm³/mol. The predicted octanol–water partition coefficient (Wildman–Crippen LogP) is 3.70. The Labute approximate surface area is 174 Å². The quantitative estimate of drug-likeness (QED) is 0.626. The fraction of sp³-hybridized carbons (Fsp3) is 0.304. The Hall–Kier alpha value is -2.54. The zero-order valence-corrected chi connectivity index (χ0v) is 17.2. The Balaban J connectivity index is 1.48. The van der Waals surface area contributed by atoms with Crippen LogP contribution in [0.2, 0.25) is 0 Å². The minimum Gasteiger partial charge on any atom is -0.371 e. The van der Waals surface area contributed by atoms with Crippen molar-refractivity contribution in [2.45, 2.75) is 44.9 Å². The Bertz CT molecular complexity index is 960. The molecule has 0 saturated heterocycles. The number of amides is 1. The third-order valence-corrected chi connectivity index (χ3v) is 6.11. The van der Waals surface area contributed by atoms with E-state index in [4.69, 9.17) is 10.5 Å². The van der Waals surface area contributed by atoms with Crippen LogP contribution in [0.3, 0.4) is 0 Å². The molecule has 1 aliphatic rings. The van der Waals surface area contributed by atoms with Crippen LogP contribution in [0.4, 0.5) is 5.13 Å². The summed E-state index contributed by atoms with van der Waals surface area (Å²) in [6.45, 7) is 2.10. The van der Waals surface area contributed by atoms with Gasteiger partial charge in [-0.05, 0) is 36.5 Å². The molecule has 2 aromatic carbocycles.